The second kappa shape index (κ2) is 10.3. The lowest BCUT2D eigenvalue weighted by atomic mass is 10.1. The van der Waals surface area contributed by atoms with Crippen LogP contribution in [0.4, 0.5) is 17.1 Å². The second-order valence-electron chi connectivity index (χ2n) is 6.80. The molecule has 0 aliphatic carbocycles. The highest BCUT2D eigenvalue weighted by Gasteiger charge is 2.16. The van der Waals surface area contributed by atoms with Crippen molar-refractivity contribution in [2.24, 2.45) is 16.1 Å². The summed E-state index contributed by atoms with van der Waals surface area (Å²) in [5.41, 5.74) is 1.96. The highest BCUT2D eigenvalue weighted by atomic mass is 31.2. The Morgan fingerprint density at radius 1 is 1.14 bits per heavy atom. The van der Waals surface area contributed by atoms with Crippen LogP contribution in [-0.4, -0.2) is 35.8 Å². The number of likely N-dealkylation sites (N-methyl/N-ethyl adjacent to an activating group) is 1. The van der Waals surface area contributed by atoms with Crippen LogP contribution >= 0.6 is 7.60 Å². The number of nitrogens with one attached hydrogen (secondary N) is 1. The zero-order valence-electron chi connectivity index (χ0n) is 16.8. The molecule has 0 aliphatic heterocycles. The number of hydrogen-bond acceptors (Lipinski definition) is 5. The van der Waals surface area contributed by atoms with Crippen molar-refractivity contribution >= 4 is 35.9 Å². The molecule has 9 heteroatoms. The third kappa shape index (κ3) is 7.09. The van der Waals surface area contributed by atoms with E-state index < -0.39 is 7.60 Å². The number of rotatable bonds is 9. The van der Waals surface area contributed by atoms with Crippen molar-refractivity contribution in [3.8, 4) is 0 Å². The molecule has 0 aromatic heterocycles. The molecule has 29 heavy (non-hydrogen) atoms. The van der Waals surface area contributed by atoms with E-state index in [2.05, 4.69) is 15.5 Å². The highest BCUT2D eigenvalue weighted by Crippen LogP contribution is 2.34. The third-order valence-electron chi connectivity index (χ3n) is 4.54. The molecule has 156 valence electrons. The van der Waals surface area contributed by atoms with Crippen LogP contribution in [0.5, 0.6) is 0 Å². The van der Waals surface area contributed by atoms with Crippen LogP contribution in [0.1, 0.15) is 20.3 Å². The Labute approximate surface area is 170 Å². The number of hydrogen-bond donors (Lipinski definition) is 3. The average molecular weight is 418 g/mol. The number of amides is 1. The largest absolute Gasteiger partial charge is 0.373 e. The third-order valence-corrected chi connectivity index (χ3v) is 5.49. The van der Waals surface area contributed by atoms with Gasteiger partial charge in [0, 0.05) is 31.7 Å². The normalized spacial score (nSPS) is 12.7. The quantitative estimate of drug-likeness (QED) is 0.426. The first-order valence-corrected chi connectivity index (χ1v) is 11.0. The lowest BCUT2D eigenvalue weighted by Crippen LogP contribution is -2.35. The van der Waals surface area contributed by atoms with Crippen LogP contribution < -0.4 is 15.5 Å². The second-order valence-corrected chi connectivity index (χ2v) is 8.41. The van der Waals surface area contributed by atoms with Gasteiger partial charge in [0.25, 0.3) is 0 Å². The van der Waals surface area contributed by atoms with E-state index in [0.29, 0.717) is 24.5 Å². The first kappa shape index (κ1) is 22.7. The van der Waals surface area contributed by atoms with Crippen molar-refractivity contribution < 1.29 is 19.1 Å². The lowest BCUT2D eigenvalue weighted by molar-refractivity contribution is -0.124. The van der Waals surface area contributed by atoms with Crippen LogP contribution in [0.3, 0.4) is 0 Å². The summed E-state index contributed by atoms with van der Waals surface area (Å²) in [6.45, 7) is 5.15. The fourth-order valence-electron chi connectivity index (χ4n) is 2.46. The minimum atomic E-state index is -4.32. The Bertz CT molecular complexity index is 896. The topological polar surface area (TPSA) is 115 Å². The molecule has 8 nitrogen and oxygen atoms in total. The summed E-state index contributed by atoms with van der Waals surface area (Å²) in [4.78, 5) is 32.3. The lowest BCUT2D eigenvalue weighted by Gasteiger charge is -2.20. The van der Waals surface area contributed by atoms with Crippen molar-refractivity contribution in [2.45, 2.75) is 20.3 Å². The molecule has 0 saturated heterocycles. The fourth-order valence-corrected chi connectivity index (χ4v) is 3.04. The predicted octanol–water partition coefficient (Wildman–Crippen LogP) is 3.50. The van der Waals surface area contributed by atoms with Crippen molar-refractivity contribution in [3.05, 3.63) is 48.5 Å². The predicted molar refractivity (Wildman–Crippen MR) is 114 cm³/mol. The van der Waals surface area contributed by atoms with Crippen molar-refractivity contribution in [2.75, 3.05) is 25.0 Å². The molecule has 1 amide bonds. The maximum Gasteiger partial charge on any atom is 0.356 e. The zero-order chi connectivity index (χ0) is 21.4. The van der Waals surface area contributed by atoms with E-state index in [4.69, 9.17) is 0 Å². The van der Waals surface area contributed by atoms with Gasteiger partial charge in [-0.15, -0.1) is 0 Å². The van der Waals surface area contributed by atoms with Gasteiger partial charge in [-0.05, 0) is 48.9 Å². The molecule has 2 rings (SSSR count). The van der Waals surface area contributed by atoms with E-state index in [0.717, 1.165) is 12.1 Å². The van der Waals surface area contributed by atoms with E-state index in [1.807, 2.05) is 37.9 Å². The molecule has 0 radical (unpaired) electrons. The number of azo groups is 1. The van der Waals surface area contributed by atoms with E-state index >= 15 is 0 Å². The molecule has 2 aromatic rings. The van der Waals surface area contributed by atoms with E-state index in [1.54, 1.807) is 18.2 Å². The van der Waals surface area contributed by atoms with Crippen LogP contribution in [0.25, 0.3) is 0 Å². The van der Waals surface area contributed by atoms with Crippen molar-refractivity contribution in [3.63, 3.8) is 0 Å². The van der Waals surface area contributed by atoms with E-state index in [-0.39, 0.29) is 17.1 Å². The Morgan fingerprint density at radius 2 is 1.79 bits per heavy atom. The fraction of sp³-hybridized carbons (Fsp3) is 0.350. The van der Waals surface area contributed by atoms with Crippen LogP contribution in [0, 0.1) is 5.92 Å². The van der Waals surface area contributed by atoms with Gasteiger partial charge in [-0.3, -0.25) is 9.36 Å². The molecule has 0 bridgehead atoms. The summed E-state index contributed by atoms with van der Waals surface area (Å²) in [5, 5.41) is 11.0. The first-order chi connectivity index (χ1) is 13.7. The van der Waals surface area contributed by atoms with Crippen molar-refractivity contribution in [1.82, 2.24) is 5.32 Å². The monoisotopic (exact) mass is 418 g/mol. The Kier molecular flexibility index (Phi) is 8.08. The molecule has 0 aliphatic rings. The maximum atomic E-state index is 11.8. The van der Waals surface area contributed by atoms with Crippen molar-refractivity contribution in [1.29, 1.82) is 0 Å². The minimum absolute atomic E-state index is 0.0207. The van der Waals surface area contributed by atoms with Gasteiger partial charge in [0.05, 0.1) is 16.7 Å². The Balaban J connectivity index is 1.94. The number of nitrogens with zero attached hydrogens (tertiary/aromatic N) is 3. The summed E-state index contributed by atoms with van der Waals surface area (Å²) in [7, 11) is -2.37. The van der Waals surface area contributed by atoms with Gasteiger partial charge in [0.1, 0.15) is 0 Å². The zero-order valence-corrected chi connectivity index (χ0v) is 17.7. The van der Waals surface area contributed by atoms with Gasteiger partial charge in [-0.2, -0.15) is 10.2 Å². The first-order valence-electron chi connectivity index (χ1n) is 9.37. The van der Waals surface area contributed by atoms with Crippen LogP contribution in [0.15, 0.2) is 58.8 Å². The summed E-state index contributed by atoms with van der Waals surface area (Å²) in [6.07, 6.45) is 0.821. The maximum absolute atomic E-state index is 11.8. The SMILES string of the molecule is CCC(C)C(=O)NCCN(C)c1ccc(/N=N/c2cccc(P(=O)(O)O)c2)cc1. The van der Waals surface area contributed by atoms with Gasteiger partial charge in [-0.1, -0.05) is 19.9 Å². The molecule has 1 unspecified atom stereocenters. The van der Waals surface area contributed by atoms with Crippen LogP contribution in [-0.2, 0) is 9.36 Å². The molecule has 3 N–H and O–H groups in total. The average Bonchev–Trinajstić information content (AvgIpc) is 2.71. The standard InChI is InChI=1S/C20H27N4O4P/c1-4-15(2)20(25)21-12-13-24(3)18-10-8-16(9-11-18)22-23-17-6-5-7-19(14-17)29(26,27)28/h5-11,14-15H,4,12-13H2,1-3H3,(H,21,25)(H2,26,27,28)/b23-22+. The van der Waals surface area contributed by atoms with E-state index in [9.17, 15) is 19.1 Å². The number of carbonyl (C=O) groups excluding carboxylic acids is 1. The molecular weight excluding hydrogens is 391 g/mol. The number of carbonyl (C=O) groups is 1. The molecule has 1 atom stereocenters. The summed E-state index contributed by atoms with van der Waals surface area (Å²) in [6, 6.07) is 13.2. The number of anilines is 1. The minimum Gasteiger partial charge on any atom is -0.373 e. The van der Waals surface area contributed by atoms with Crippen LogP contribution in [0.2, 0.25) is 0 Å². The summed E-state index contributed by atoms with van der Waals surface area (Å²) in [5.74, 6) is 0.0896. The molecule has 2 aromatic carbocycles. The van der Waals surface area contributed by atoms with Gasteiger partial charge in [-0.25, -0.2) is 0 Å². The number of benzene rings is 2. The molecule has 0 spiro atoms. The molecular formula is C20H27N4O4P. The molecule has 0 fully saturated rings. The van der Waals surface area contributed by atoms with Gasteiger partial charge in [0.2, 0.25) is 5.91 Å². The van der Waals surface area contributed by atoms with Gasteiger partial charge in [0.15, 0.2) is 0 Å². The highest BCUT2D eigenvalue weighted by molar-refractivity contribution is 7.60. The van der Waals surface area contributed by atoms with Gasteiger partial charge < -0.3 is 20.0 Å². The van der Waals surface area contributed by atoms with E-state index in [1.165, 1.54) is 18.2 Å². The smallest absolute Gasteiger partial charge is 0.356 e. The molecule has 0 saturated carbocycles. The Morgan fingerprint density at radius 3 is 2.41 bits per heavy atom. The Hall–Kier alpha value is -2.54. The summed E-state index contributed by atoms with van der Waals surface area (Å²) < 4.78 is 11.3. The summed E-state index contributed by atoms with van der Waals surface area (Å²) >= 11 is 0. The molecule has 0 heterocycles. The van der Waals surface area contributed by atoms with Gasteiger partial charge >= 0.3 is 7.60 Å².